The van der Waals surface area contributed by atoms with Gasteiger partial charge in [-0.2, -0.15) is 5.10 Å². The number of hydrogen-bond donors (Lipinski definition) is 1. The quantitative estimate of drug-likeness (QED) is 0.321. The van der Waals surface area contributed by atoms with Crippen molar-refractivity contribution in [2.75, 3.05) is 5.43 Å². The molecule has 3 aromatic rings. The Hall–Kier alpha value is -4.07. The smallest absolute Gasteiger partial charge is 0.271 e. The van der Waals surface area contributed by atoms with Crippen LogP contribution in [0.25, 0.3) is 0 Å². The first-order valence-corrected chi connectivity index (χ1v) is 9.26. The lowest BCUT2D eigenvalue weighted by atomic mass is 9.89. The number of nitro groups is 2. The van der Waals surface area contributed by atoms with Crippen LogP contribution in [0.4, 0.5) is 17.1 Å². The van der Waals surface area contributed by atoms with Crippen LogP contribution in [0.3, 0.4) is 0 Å². The van der Waals surface area contributed by atoms with Gasteiger partial charge >= 0.3 is 5.69 Å². The van der Waals surface area contributed by atoms with Crippen molar-refractivity contribution >= 4 is 22.8 Å². The maximum Gasteiger partial charge on any atom is 0.301 e. The molecule has 0 spiro atoms. The van der Waals surface area contributed by atoms with Crippen molar-refractivity contribution in [1.29, 1.82) is 0 Å². The van der Waals surface area contributed by atoms with Crippen LogP contribution < -0.4 is 5.43 Å². The number of nitrogens with zero attached hydrogens (tertiary/aromatic N) is 3. The maximum absolute atomic E-state index is 11.4. The third-order valence-corrected chi connectivity index (χ3v) is 4.82. The van der Waals surface area contributed by atoms with Gasteiger partial charge in [-0.05, 0) is 24.1 Å². The highest BCUT2D eigenvalue weighted by Gasteiger charge is 2.21. The van der Waals surface area contributed by atoms with E-state index in [0.717, 1.165) is 22.8 Å². The molecule has 3 rings (SSSR count). The minimum Gasteiger partial charge on any atom is -0.271 e. The zero-order chi connectivity index (χ0) is 21.7. The summed E-state index contributed by atoms with van der Waals surface area (Å²) in [5.41, 5.74) is 5.74. The molecule has 0 aromatic heterocycles. The summed E-state index contributed by atoms with van der Waals surface area (Å²) in [7, 11) is 0. The fourth-order valence-corrected chi connectivity index (χ4v) is 3.15. The average Bonchev–Trinajstić information content (AvgIpc) is 2.75. The van der Waals surface area contributed by atoms with E-state index in [2.05, 4.69) is 10.5 Å². The summed E-state index contributed by atoms with van der Waals surface area (Å²) >= 11 is 0. The predicted octanol–water partition coefficient (Wildman–Crippen LogP) is 5.43. The first-order chi connectivity index (χ1) is 14.4. The molecule has 0 aliphatic carbocycles. The van der Waals surface area contributed by atoms with E-state index in [0.29, 0.717) is 5.71 Å². The van der Waals surface area contributed by atoms with Gasteiger partial charge in [0.2, 0.25) is 0 Å². The van der Waals surface area contributed by atoms with Gasteiger partial charge in [-0.3, -0.25) is 25.7 Å². The fraction of sp³-hybridized carbons (Fsp3) is 0.136. The van der Waals surface area contributed by atoms with Crippen molar-refractivity contribution in [1.82, 2.24) is 0 Å². The van der Waals surface area contributed by atoms with Gasteiger partial charge in [-0.1, -0.05) is 61.5 Å². The van der Waals surface area contributed by atoms with Gasteiger partial charge in [0, 0.05) is 17.5 Å². The topological polar surface area (TPSA) is 111 Å². The van der Waals surface area contributed by atoms with Gasteiger partial charge in [0.1, 0.15) is 5.69 Å². The first kappa shape index (κ1) is 20.7. The van der Waals surface area contributed by atoms with Gasteiger partial charge in [-0.25, -0.2) is 0 Å². The summed E-state index contributed by atoms with van der Waals surface area (Å²) in [4.78, 5) is 21.0. The highest BCUT2D eigenvalue weighted by molar-refractivity contribution is 6.06. The number of non-ortho nitro benzene ring substituents is 1. The molecule has 0 heterocycles. The standard InChI is InChI=1S/C22H20N4O4/c1-15-8-6-7-11-19(15)22(16(2)17-9-4-3-5-10-17)24-23-20-13-12-18(25(27)28)14-21(20)26(29)30/h3-14,16,23H,1-2H3/b24-22+. The predicted molar refractivity (Wildman–Crippen MR) is 116 cm³/mol. The minimum absolute atomic E-state index is 0.0805. The zero-order valence-corrected chi connectivity index (χ0v) is 16.5. The van der Waals surface area contributed by atoms with Crippen LogP contribution in [0.15, 0.2) is 77.9 Å². The Kier molecular flexibility index (Phi) is 6.17. The van der Waals surface area contributed by atoms with Crippen molar-refractivity contribution in [2.24, 2.45) is 5.10 Å². The minimum atomic E-state index is -0.670. The summed E-state index contributed by atoms with van der Waals surface area (Å²) in [5, 5.41) is 26.9. The molecule has 0 amide bonds. The number of nitro benzene ring substituents is 2. The van der Waals surface area contributed by atoms with E-state index < -0.39 is 15.5 Å². The molecular formula is C22H20N4O4. The van der Waals surface area contributed by atoms with Gasteiger partial charge < -0.3 is 0 Å². The molecule has 8 nitrogen and oxygen atoms in total. The Morgan fingerprint density at radius 1 is 0.933 bits per heavy atom. The molecule has 1 N–H and O–H groups in total. The Balaban J connectivity index is 2.06. The Labute approximate surface area is 173 Å². The molecule has 0 saturated heterocycles. The third kappa shape index (κ3) is 4.49. The highest BCUT2D eigenvalue weighted by Crippen LogP contribution is 2.30. The van der Waals surface area contributed by atoms with Gasteiger partial charge in [0.25, 0.3) is 5.69 Å². The first-order valence-electron chi connectivity index (χ1n) is 9.26. The zero-order valence-electron chi connectivity index (χ0n) is 16.5. The van der Waals surface area contributed by atoms with Crippen molar-refractivity contribution in [3.05, 3.63) is 110 Å². The largest absolute Gasteiger partial charge is 0.301 e. The lowest BCUT2D eigenvalue weighted by Crippen LogP contribution is -2.15. The molecule has 0 saturated carbocycles. The lowest BCUT2D eigenvalue weighted by molar-refractivity contribution is -0.393. The number of aryl methyl sites for hydroxylation is 1. The molecule has 30 heavy (non-hydrogen) atoms. The Morgan fingerprint density at radius 2 is 1.60 bits per heavy atom. The van der Waals surface area contributed by atoms with Gasteiger partial charge in [0.15, 0.2) is 0 Å². The Morgan fingerprint density at radius 3 is 2.23 bits per heavy atom. The van der Waals surface area contributed by atoms with Gasteiger partial charge in [0.05, 0.1) is 21.6 Å². The van der Waals surface area contributed by atoms with E-state index in [1.54, 1.807) is 0 Å². The lowest BCUT2D eigenvalue weighted by Gasteiger charge is -2.18. The van der Waals surface area contributed by atoms with Crippen LogP contribution in [0.5, 0.6) is 0 Å². The van der Waals surface area contributed by atoms with Crippen LogP contribution in [0.1, 0.15) is 29.5 Å². The molecule has 8 heteroatoms. The van der Waals surface area contributed by atoms with Crippen molar-refractivity contribution in [3.8, 4) is 0 Å². The second-order valence-electron chi connectivity index (χ2n) is 6.77. The molecule has 1 atom stereocenters. The molecular weight excluding hydrogens is 384 g/mol. The molecule has 0 aliphatic heterocycles. The van der Waals surface area contributed by atoms with E-state index in [4.69, 9.17) is 0 Å². The van der Waals surface area contributed by atoms with Crippen LogP contribution in [0.2, 0.25) is 0 Å². The third-order valence-electron chi connectivity index (χ3n) is 4.82. The number of hydrogen-bond acceptors (Lipinski definition) is 6. The number of benzene rings is 3. The number of nitrogens with one attached hydrogen (secondary N) is 1. The summed E-state index contributed by atoms with van der Waals surface area (Å²) in [6.07, 6.45) is 0. The summed E-state index contributed by atoms with van der Waals surface area (Å²) < 4.78 is 0. The van der Waals surface area contributed by atoms with Crippen molar-refractivity contribution in [3.63, 3.8) is 0 Å². The van der Waals surface area contributed by atoms with E-state index in [9.17, 15) is 20.2 Å². The van der Waals surface area contributed by atoms with Gasteiger partial charge in [-0.15, -0.1) is 0 Å². The number of hydrazone groups is 1. The normalized spacial score (nSPS) is 12.3. The molecule has 0 fully saturated rings. The summed E-state index contributed by atoms with van der Waals surface area (Å²) in [6.45, 7) is 3.98. The summed E-state index contributed by atoms with van der Waals surface area (Å²) in [5.74, 6) is -0.100. The number of rotatable bonds is 7. The number of anilines is 1. The maximum atomic E-state index is 11.4. The second-order valence-corrected chi connectivity index (χ2v) is 6.77. The van der Waals surface area contributed by atoms with E-state index in [-0.39, 0.29) is 17.3 Å². The molecule has 0 bridgehead atoms. The van der Waals surface area contributed by atoms with Crippen molar-refractivity contribution in [2.45, 2.75) is 19.8 Å². The van der Waals surface area contributed by atoms with E-state index in [1.807, 2.05) is 68.4 Å². The van der Waals surface area contributed by atoms with Crippen LogP contribution >= 0.6 is 0 Å². The average molecular weight is 404 g/mol. The van der Waals surface area contributed by atoms with E-state index in [1.165, 1.54) is 12.1 Å². The molecule has 0 aliphatic rings. The van der Waals surface area contributed by atoms with E-state index >= 15 is 0 Å². The van der Waals surface area contributed by atoms with Crippen LogP contribution in [-0.2, 0) is 0 Å². The molecule has 0 radical (unpaired) electrons. The SMILES string of the molecule is Cc1ccccc1/C(=N/Nc1ccc([N+](=O)[O-])cc1[N+](=O)[O-])C(C)c1ccccc1. The molecule has 3 aromatic carbocycles. The summed E-state index contributed by atoms with van der Waals surface area (Å²) in [6, 6.07) is 21.0. The van der Waals surface area contributed by atoms with Crippen LogP contribution in [-0.4, -0.2) is 15.6 Å². The highest BCUT2D eigenvalue weighted by atomic mass is 16.6. The fourth-order valence-electron chi connectivity index (χ4n) is 3.15. The molecule has 1 unspecified atom stereocenters. The monoisotopic (exact) mass is 404 g/mol. The second kappa shape index (κ2) is 8.95. The Bertz CT molecular complexity index is 1110. The van der Waals surface area contributed by atoms with Crippen molar-refractivity contribution < 1.29 is 9.85 Å². The van der Waals surface area contributed by atoms with Crippen LogP contribution in [0, 0.1) is 27.2 Å². The molecule has 152 valence electrons.